The lowest BCUT2D eigenvalue weighted by molar-refractivity contribution is 0.102. The second-order valence-corrected chi connectivity index (χ2v) is 5.85. The SMILES string of the molecule is CCOc1ncccc1C(=O)Nc1c(C=Cc2ccc(OC)cc2)noc1C. The molecule has 2 aromatic heterocycles. The highest BCUT2D eigenvalue weighted by atomic mass is 16.5. The minimum atomic E-state index is -0.345. The highest BCUT2D eigenvalue weighted by Gasteiger charge is 2.18. The fourth-order valence-corrected chi connectivity index (χ4v) is 2.54. The number of nitrogens with one attached hydrogen (secondary N) is 1. The maximum Gasteiger partial charge on any atom is 0.261 e. The number of carbonyl (C=O) groups excluding carboxylic acids is 1. The summed E-state index contributed by atoms with van der Waals surface area (Å²) in [6, 6.07) is 10.9. The van der Waals surface area contributed by atoms with E-state index in [4.69, 9.17) is 14.0 Å². The zero-order chi connectivity index (χ0) is 19.9. The van der Waals surface area contributed by atoms with Crippen LogP contribution >= 0.6 is 0 Å². The van der Waals surface area contributed by atoms with Crippen LogP contribution in [0.3, 0.4) is 0 Å². The Kier molecular flexibility index (Phi) is 6.06. The van der Waals surface area contributed by atoms with Crippen LogP contribution in [0.1, 0.15) is 34.3 Å². The van der Waals surface area contributed by atoms with Gasteiger partial charge in [0, 0.05) is 6.20 Å². The molecular formula is C21H21N3O4. The monoisotopic (exact) mass is 379 g/mol. The number of hydrogen-bond donors (Lipinski definition) is 1. The number of ether oxygens (including phenoxy) is 2. The lowest BCUT2D eigenvalue weighted by Gasteiger charge is -2.09. The van der Waals surface area contributed by atoms with Crippen LogP contribution in [0.5, 0.6) is 11.6 Å². The first-order valence-corrected chi connectivity index (χ1v) is 8.80. The number of aryl methyl sites for hydroxylation is 1. The Bertz CT molecular complexity index is 978. The molecule has 7 nitrogen and oxygen atoms in total. The number of carbonyl (C=O) groups is 1. The zero-order valence-electron chi connectivity index (χ0n) is 15.9. The first kappa shape index (κ1) is 19.2. The van der Waals surface area contributed by atoms with Crippen LogP contribution in [-0.2, 0) is 0 Å². The highest BCUT2D eigenvalue weighted by Crippen LogP contribution is 2.25. The predicted octanol–water partition coefficient (Wildman–Crippen LogP) is 4.21. The number of amides is 1. The van der Waals surface area contributed by atoms with Crippen molar-refractivity contribution in [3.63, 3.8) is 0 Å². The smallest absolute Gasteiger partial charge is 0.261 e. The van der Waals surface area contributed by atoms with Crippen LogP contribution in [0.2, 0.25) is 0 Å². The Morgan fingerprint density at radius 2 is 2.00 bits per heavy atom. The van der Waals surface area contributed by atoms with Gasteiger partial charge in [0.2, 0.25) is 5.88 Å². The van der Waals surface area contributed by atoms with Crippen LogP contribution in [0.25, 0.3) is 12.2 Å². The number of nitrogens with zero attached hydrogens (tertiary/aromatic N) is 2. The molecule has 1 N–H and O–H groups in total. The van der Waals surface area contributed by atoms with Gasteiger partial charge in [-0.2, -0.15) is 0 Å². The molecule has 0 aliphatic carbocycles. The summed E-state index contributed by atoms with van der Waals surface area (Å²) in [6.45, 7) is 3.99. The van der Waals surface area contributed by atoms with E-state index in [0.29, 0.717) is 29.3 Å². The van der Waals surface area contributed by atoms with E-state index in [0.717, 1.165) is 11.3 Å². The fraction of sp³-hybridized carbons (Fsp3) is 0.190. The predicted molar refractivity (Wildman–Crippen MR) is 107 cm³/mol. The summed E-state index contributed by atoms with van der Waals surface area (Å²) in [6.07, 6.45) is 5.23. The normalized spacial score (nSPS) is 10.8. The van der Waals surface area contributed by atoms with Crippen LogP contribution in [0, 0.1) is 6.92 Å². The number of rotatable bonds is 7. The van der Waals surface area contributed by atoms with E-state index in [1.54, 1.807) is 38.4 Å². The van der Waals surface area contributed by atoms with Gasteiger partial charge >= 0.3 is 0 Å². The Hall–Kier alpha value is -3.61. The summed E-state index contributed by atoms with van der Waals surface area (Å²) >= 11 is 0. The largest absolute Gasteiger partial charge is 0.497 e. The van der Waals surface area contributed by atoms with Crippen molar-refractivity contribution in [3.8, 4) is 11.6 Å². The van der Waals surface area contributed by atoms with E-state index in [-0.39, 0.29) is 11.8 Å². The van der Waals surface area contributed by atoms with E-state index >= 15 is 0 Å². The van der Waals surface area contributed by atoms with Gasteiger partial charge in [0.1, 0.15) is 22.7 Å². The highest BCUT2D eigenvalue weighted by molar-refractivity contribution is 6.07. The van der Waals surface area contributed by atoms with Gasteiger partial charge < -0.3 is 19.3 Å². The summed E-state index contributed by atoms with van der Waals surface area (Å²) in [7, 11) is 1.62. The molecule has 0 saturated carbocycles. The van der Waals surface area contributed by atoms with E-state index in [9.17, 15) is 4.79 Å². The van der Waals surface area contributed by atoms with Gasteiger partial charge in [0.25, 0.3) is 5.91 Å². The minimum absolute atomic E-state index is 0.284. The quantitative estimate of drug-likeness (QED) is 0.662. The van der Waals surface area contributed by atoms with E-state index < -0.39 is 0 Å². The summed E-state index contributed by atoms with van der Waals surface area (Å²) in [5.74, 6) is 1.22. The van der Waals surface area contributed by atoms with Gasteiger partial charge in [-0.05, 0) is 49.8 Å². The molecule has 0 unspecified atom stereocenters. The van der Waals surface area contributed by atoms with Crippen molar-refractivity contribution < 1.29 is 18.8 Å². The summed E-state index contributed by atoms with van der Waals surface area (Å²) in [4.78, 5) is 16.8. The number of anilines is 1. The third kappa shape index (κ3) is 4.37. The molecule has 1 aromatic carbocycles. The average molecular weight is 379 g/mol. The standard InChI is InChI=1S/C21H21N3O4/c1-4-27-21-17(6-5-13-22-21)20(25)23-19-14(2)28-24-18(19)12-9-15-7-10-16(26-3)11-8-15/h5-13H,4H2,1-3H3,(H,23,25). The topological polar surface area (TPSA) is 86.5 Å². The third-order valence-corrected chi connectivity index (χ3v) is 3.97. The Morgan fingerprint density at radius 1 is 1.21 bits per heavy atom. The van der Waals surface area contributed by atoms with Crippen LogP contribution < -0.4 is 14.8 Å². The Morgan fingerprint density at radius 3 is 2.71 bits per heavy atom. The van der Waals surface area contributed by atoms with Crippen molar-refractivity contribution in [3.05, 3.63) is 65.2 Å². The average Bonchev–Trinajstić information content (AvgIpc) is 3.07. The molecular weight excluding hydrogens is 358 g/mol. The van der Waals surface area contributed by atoms with Gasteiger partial charge in [-0.3, -0.25) is 4.79 Å². The van der Waals surface area contributed by atoms with Crippen molar-refractivity contribution in [1.82, 2.24) is 10.1 Å². The summed E-state index contributed by atoms with van der Waals surface area (Å²) in [5.41, 5.74) is 2.32. The van der Waals surface area contributed by atoms with Gasteiger partial charge in [-0.15, -0.1) is 0 Å². The van der Waals surface area contributed by atoms with Crippen LogP contribution in [0.4, 0.5) is 5.69 Å². The number of pyridine rings is 1. The molecule has 3 aromatic rings. The Labute approximate surface area is 163 Å². The van der Waals surface area contributed by atoms with Crippen molar-refractivity contribution in [2.45, 2.75) is 13.8 Å². The molecule has 2 heterocycles. The molecule has 0 aliphatic rings. The lowest BCUT2D eigenvalue weighted by atomic mass is 10.1. The molecule has 0 saturated heterocycles. The lowest BCUT2D eigenvalue weighted by Crippen LogP contribution is -2.15. The molecule has 0 bridgehead atoms. The maximum absolute atomic E-state index is 12.7. The zero-order valence-corrected chi connectivity index (χ0v) is 15.9. The molecule has 0 atom stereocenters. The summed E-state index contributed by atoms with van der Waals surface area (Å²) in [5, 5.41) is 6.86. The third-order valence-electron chi connectivity index (χ3n) is 3.97. The molecule has 28 heavy (non-hydrogen) atoms. The van der Waals surface area contributed by atoms with Gasteiger partial charge in [0.15, 0.2) is 5.76 Å². The van der Waals surface area contributed by atoms with Crippen LogP contribution in [0.15, 0.2) is 47.1 Å². The molecule has 144 valence electrons. The summed E-state index contributed by atoms with van der Waals surface area (Å²) < 4.78 is 15.8. The van der Waals surface area contributed by atoms with Crippen molar-refractivity contribution in [2.24, 2.45) is 0 Å². The molecule has 0 aliphatic heterocycles. The molecule has 7 heteroatoms. The Balaban J connectivity index is 1.81. The van der Waals surface area contributed by atoms with Crippen molar-refractivity contribution >= 4 is 23.7 Å². The number of benzene rings is 1. The molecule has 0 spiro atoms. The van der Waals surface area contributed by atoms with Crippen LogP contribution in [-0.4, -0.2) is 29.8 Å². The minimum Gasteiger partial charge on any atom is -0.497 e. The van der Waals surface area contributed by atoms with E-state index in [1.165, 1.54) is 0 Å². The van der Waals surface area contributed by atoms with Crippen molar-refractivity contribution in [2.75, 3.05) is 19.0 Å². The van der Waals surface area contributed by atoms with Gasteiger partial charge in [0.05, 0.1) is 13.7 Å². The van der Waals surface area contributed by atoms with Crippen molar-refractivity contribution in [1.29, 1.82) is 0 Å². The maximum atomic E-state index is 12.7. The number of methoxy groups -OCH3 is 1. The molecule has 3 rings (SSSR count). The number of aromatic nitrogens is 2. The molecule has 1 amide bonds. The van der Waals surface area contributed by atoms with E-state index in [2.05, 4.69) is 15.5 Å². The first-order valence-electron chi connectivity index (χ1n) is 8.80. The molecule has 0 radical (unpaired) electrons. The second-order valence-electron chi connectivity index (χ2n) is 5.85. The van der Waals surface area contributed by atoms with Gasteiger partial charge in [-0.25, -0.2) is 4.98 Å². The fourth-order valence-electron chi connectivity index (χ4n) is 2.54. The van der Waals surface area contributed by atoms with Gasteiger partial charge in [-0.1, -0.05) is 23.4 Å². The molecule has 0 fully saturated rings. The number of hydrogen-bond acceptors (Lipinski definition) is 6. The first-order chi connectivity index (χ1) is 13.6. The second kappa shape index (κ2) is 8.85. The van der Waals surface area contributed by atoms with E-state index in [1.807, 2.05) is 37.3 Å².